The average Bonchev–Trinajstić information content (AvgIpc) is 2.70. The van der Waals surface area contributed by atoms with E-state index < -0.39 is 23.5 Å². The number of carbonyl (C=O) groups excluding carboxylic acids is 2. The molecule has 0 fully saturated rings. The highest BCUT2D eigenvalue weighted by molar-refractivity contribution is 6.13. The third-order valence-electron chi connectivity index (χ3n) is 4.24. The third-order valence-corrected chi connectivity index (χ3v) is 4.24. The Morgan fingerprint density at radius 1 is 0.897 bits per heavy atom. The van der Waals surface area contributed by atoms with Crippen molar-refractivity contribution in [1.82, 2.24) is 0 Å². The second-order valence-corrected chi connectivity index (χ2v) is 7.92. The molecule has 0 aliphatic carbocycles. The summed E-state index contributed by atoms with van der Waals surface area (Å²) >= 11 is 0. The van der Waals surface area contributed by atoms with Crippen molar-refractivity contribution in [3.63, 3.8) is 0 Å². The summed E-state index contributed by atoms with van der Waals surface area (Å²) in [6.45, 7) is 7.16. The Bertz CT molecular complexity index is 797. The van der Waals surface area contributed by atoms with E-state index >= 15 is 0 Å². The molecular formula is C24H29NO4. The fraction of sp³-hybridized carbons (Fsp3) is 0.375. The Balaban J connectivity index is 2.50. The van der Waals surface area contributed by atoms with Crippen LogP contribution in [0.25, 0.3) is 0 Å². The first-order chi connectivity index (χ1) is 13.7. The second kappa shape index (κ2) is 10.0. The molecule has 2 aromatic carbocycles. The standard InChI is InChI=1S/C24H29NO4/c1-17(22(26)28-5)16-20(23(27)29-24(2,3)4)25-21(18-12-8-6-9-13-18)19-14-10-7-11-15-19/h6-15,17,20H,16H2,1-5H3/t17-,20-/m1/s1. The Kier molecular flexibility index (Phi) is 7.71. The summed E-state index contributed by atoms with van der Waals surface area (Å²) < 4.78 is 10.4. The fourth-order valence-corrected chi connectivity index (χ4v) is 2.87. The number of carbonyl (C=O) groups is 2. The maximum Gasteiger partial charge on any atom is 0.331 e. The van der Waals surface area contributed by atoms with Gasteiger partial charge in [0.25, 0.3) is 0 Å². The summed E-state index contributed by atoms with van der Waals surface area (Å²) in [5.74, 6) is -1.33. The Morgan fingerprint density at radius 3 is 1.79 bits per heavy atom. The molecule has 0 saturated carbocycles. The Labute approximate surface area is 172 Å². The van der Waals surface area contributed by atoms with Crippen molar-refractivity contribution in [3.8, 4) is 0 Å². The number of esters is 2. The zero-order valence-corrected chi connectivity index (χ0v) is 17.7. The molecule has 2 rings (SSSR count). The van der Waals surface area contributed by atoms with Gasteiger partial charge in [-0.15, -0.1) is 0 Å². The van der Waals surface area contributed by atoms with E-state index in [1.54, 1.807) is 6.92 Å². The minimum atomic E-state index is -0.835. The Hall–Kier alpha value is -2.95. The number of nitrogens with zero attached hydrogens (tertiary/aromatic N) is 1. The number of benzene rings is 2. The van der Waals surface area contributed by atoms with E-state index in [0.717, 1.165) is 11.1 Å². The van der Waals surface area contributed by atoms with Crippen molar-refractivity contribution in [2.24, 2.45) is 10.9 Å². The lowest BCUT2D eigenvalue weighted by molar-refractivity contribution is -0.157. The number of hydrogen-bond acceptors (Lipinski definition) is 5. The molecule has 0 N–H and O–H groups in total. The Morgan fingerprint density at radius 2 is 1.38 bits per heavy atom. The van der Waals surface area contributed by atoms with Crippen molar-refractivity contribution < 1.29 is 19.1 Å². The van der Waals surface area contributed by atoms with Gasteiger partial charge in [0, 0.05) is 11.1 Å². The average molecular weight is 395 g/mol. The molecule has 0 radical (unpaired) electrons. The lowest BCUT2D eigenvalue weighted by Gasteiger charge is -2.24. The lowest BCUT2D eigenvalue weighted by Crippen LogP contribution is -2.34. The largest absolute Gasteiger partial charge is 0.469 e. The van der Waals surface area contributed by atoms with E-state index in [1.807, 2.05) is 81.4 Å². The number of aliphatic imine (C=N–C) groups is 1. The topological polar surface area (TPSA) is 65.0 Å². The van der Waals surface area contributed by atoms with Gasteiger partial charge in [0.05, 0.1) is 18.7 Å². The van der Waals surface area contributed by atoms with Gasteiger partial charge in [-0.05, 0) is 27.2 Å². The summed E-state index contributed by atoms with van der Waals surface area (Å²) in [5.41, 5.74) is 1.80. The highest BCUT2D eigenvalue weighted by Crippen LogP contribution is 2.20. The predicted octanol–water partition coefficient (Wildman–Crippen LogP) is 4.43. The first kappa shape index (κ1) is 22.3. The maximum atomic E-state index is 12.9. The first-order valence-electron chi connectivity index (χ1n) is 9.70. The van der Waals surface area contributed by atoms with E-state index in [4.69, 9.17) is 14.5 Å². The van der Waals surface area contributed by atoms with Gasteiger partial charge in [-0.2, -0.15) is 0 Å². The van der Waals surface area contributed by atoms with Crippen LogP contribution in [0.2, 0.25) is 0 Å². The van der Waals surface area contributed by atoms with Gasteiger partial charge < -0.3 is 9.47 Å². The van der Waals surface area contributed by atoms with Gasteiger partial charge in [0.2, 0.25) is 0 Å². The maximum absolute atomic E-state index is 12.9. The lowest BCUT2D eigenvalue weighted by atomic mass is 9.99. The molecule has 0 saturated heterocycles. The summed E-state index contributed by atoms with van der Waals surface area (Å²) in [5, 5.41) is 0. The van der Waals surface area contributed by atoms with Gasteiger partial charge in [-0.1, -0.05) is 67.6 Å². The van der Waals surface area contributed by atoms with Crippen molar-refractivity contribution >= 4 is 17.7 Å². The highest BCUT2D eigenvalue weighted by Gasteiger charge is 2.29. The van der Waals surface area contributed by atoms with E-state index in [9.17, 15) is 9.59 Å². The normalized spacial score (nSPS) is 13.1. The van der Waals surface area contributed by atoms with Crippen LogP contribution in [-0.2, 0) is 19.1 Å². The van der Waals surface area contributed by atoms with Crippen molar-refractivity contribution in [2.75, 3.05) is 7.11 Å². The molecule has 0 aliphatic rings. The summed E-state index contributed by atoms with van der Waals surface area (Å²) in [6, 6.07) is 18.5. The van der Waals surface area contributed by atoms with Crippen LogP contribution >= 0.6 is 0 Å². The molecule has 0 aliphatic heterocycles. The van der Waals surface area contributed by atoms with Crippen LogP contribution in [0, 0.1) is 5.92 Å². The highest BCUT2D eigenvalue weighted by atomic mass is 16.6. The SMILES string of the molecule is COC(=O)[C@H](C)C[C@@H](N=C(c1ccccc1)c1ccccc1)C(=O)OC(C)(C)C. The van der Waals surface area contributed by atoms with Crippen LogP contribution in [0.1, 0.15) is 45.2 Å². The predicted molar refractivity (Wildman–Crippen MR) is 114 cm³/mol. The van der Waals surface area contributed by atoms with E-state index in [1.165, 1.54) is 7.11 Å². The van der Waals surface area contributed by atoms with Crippen LogP contribution in [0.15, 0.2) is 65.7 Å². The molecule has 154 valence electrons. The van der Waals surface area contributed by atoms with Gasteiger partial charge in [0.15, 0.2) is 0 Å². The molecule has 0 heterocycles. The van der Waals surface area contributed by atoms with Crippen molar-refractivity contribution in [2.45, 2.75) is 45.8 Å². The van der Waals surface area contributed by atoms with E-state index in [2.05, 4.69) is 0 Å². The van der Waals surface area contributed by atoms with Gasteiger partial charge in [-0.3, -0.25) is 9.79 Å². The van der Waals surface area contributed by atoms with Crippen LogP contribution in [0.5, 0.6) is 0 Å². The molecule has 5 heteroatoms. The smallest absolute Gasteiger partial charge is 0.331 e. The zero-order valence-electron chi connectivity index (χ0n) is 17.7. The number of ether oxygens (including phenoxy) is 2. The number of rotatable bonds is 7. The van der Waals surface area contributed by atoms with Crippen molar-refractivity contribution in [3.05, 3.63) is 71.8 Å². The zero-order chi connectivity index (χ0) is 21.4. The molecule has 2 atom stereocenters. The molecule has 0 aromatic heterocycles. The fourth-order valence-electron chi connectivity index (χ4n) is 2.87. The third kappa shape index (κ3) is 6.86. The van der Waals surface area contributed by atoms with E-state index in [-0.39, 0.29) is 12.4 Å². The minimum Gasteiger partial charge on any atom is -0.469 e. The molecule has 0 bridgehead atoms. The van der Waals surface area contributed by atoms with Gasteiger partial charge in [-0.25, -0.2) is 4.79 Å². The first-order valence-corrected chi connectivity index (χ1v) is 9.70. The van der Waals surface area contributed by atoms with E-state index in [0.29, 0.717) is 5.71 Å². The summed E-state index contributed by atoms with van der Waals surface area (Å²) in [7, 11) is 1.34. The molecule has 0 amide bonds. The molecule has 0 spiro atoms. The summed E-state index contributed by atoms with van der Waals surface area (Å²) in [6.07, 6.45) is 0.199. The molecule has 2 aromatic rings. The molecule has 29 heavy (non-hydrogen) atoms. The van der Waals surface area contributed by atoms with Crippen LogP contribution in [0.3, 0.4) is 0 Å². The molecule has 5 nitrogen and oxygen atoms in total. The number of hydrogen-bond donors (Lipinski definition) is 0. The monoisotopic (exact) mass is 395 g/mol. The molecular weight excluding hydrogens is 366 g/mol. The summed E-state index contributed by atoms with van der Waals surface area (Å²) in [4.78, 5) is 29.7. The van der Waals surface area contributed by atoms with Gasteiger partial charge in [0.1, 0.15) is 11.6 Å². The van der Waals surface area contributed by atoms with Crippen LogP contribution in [0.4, 0.5) is 0 Å². The quantitative estimate of drug-likeness (QED) is 0.514. The van der Waals surface area contributed by atoms with Crippen LogP contribution in [-0.4, -0.2) is 36.4 Å². The number of methoxy groups -OCH3 is 1. The van der Waals surface area contributed by atoms with Gasteiger partial charge >= 0.3 is 11.9 Å². The van der Waals surface area contributed by atoms with Crippen LogP contribution < -0.4 is 0 Å². The van der Waals surface area contributed by atoms with Crippen molar-refractivity contribution in [1.29, 1.82) is 0 Å². The second-order valence-electron chi connectivity index (χ2n) is 7.92. The molecule has 0 unspecified atom stereocenters. The minimum absolute atomic E-state index is 0.199.